The van der Waals surface area contributed by atoms with Crippen molar-refractivity contribution in [2.24, 2.45) is 11.8 Å². The van der Waals surface area contributed by atoms with Gasteiger partial charge in [-0.2, -0.15) is 0 Å². The Bertz CT molecular complexity index is 381. The van der Waals surface area contributed by atoms with E-state index in [0.29, 0.717) is 30.8 Å². The highest BCUT2D eigenvalue weighted by Crippen LogP contribution is 2.28. The van der Waals surface area contributed by atoms with Gasteiger partial charge in [0.25, 0.3) is 0 Å². The molecule has 0 unspecified atom stereocenters. The molecular weight excluding hydrogens is 272 g/mol. The van der Waals surface area contributed by atoms with Crippen LogP contribution >= 0.6 is 0 Å². The third-order valence-electron chi connectivity index (χ3n) is 4.84. The second-order valence-corrected chi connectivity index (χ2v) is 8.50. The Morgan fingerprint density at radius 1 is 1.10 bits per heavy atom. The lowest BCUT2D eigenvalue weighted by atomic mass is 10.1. The predicted molar refractivity (Wildman–Crippen MR) is 83.2 cm³/mol. The van der Waals surface area contributed by atoms with Gasteiger partial charge in [0, 0.05) is 19.1 Å². The molecule has 0 aromatic carbocycles. The van der Waals surface area contributed by atoms with Crippen LogP contribution in [0, 0.1) is 11.8 Å². The largest absolute Gasteiger partial charge is 0.314 e. The molecule has 20 heavy (non-hydrogen) atoms. The van der Waals surface area contributed by atoms with Crippen molar-refractivity contribution in [3.63, 3.8) is 0 Å². The molecular formula is C15H30N2O2S. The molecule has 1 N–H and O–H groups in total. The average Bonchev–Trinajstić information content (AvgIpc) is 3.27. The number of piperidine rings is 1. The van der Waals surface area contributed by atoms with Crippen molar-refractivity contribution in [1.29, 1.82) is 0 Å². The van der Waals surface area contributed by atoms with E-state index in [1.807, 2.05) is 0 Å². The van der Waals surface area contributed by atoms with Crippen LogP contribution in [0.2, 0.25) is 0 Å². The Morgan fingerprint density at radius 2 is 1.70 bits per heavy atom. The minimum atomic E-state index is -3.04. The van der Waals surface area contributed by atoms with Gasteiger partial charge >= 0.3 is 0 Å². The van der Waals surface area contributed by atoms with E-state index in [9.17, 15) is 8.42 Å². The highest BCUT2D eigenvalue weighted by atomic mass is 32.2. The fraction of sp³-hybridized carbons (Fsp3) is 1.00. The summed E-state index contributed by atoms with van der Waals surface area (Å²) in [6, 6.07) is 0.523. The smallest absolute Gasteiger partial charge is 0.214 e. The van der Waals surface area contributed by atoms with E-state index < -0.39 is 10.0 Å². The Kier molecular flexibility index (Phi) is 5.87. The number of hydrogen-bond acceptors (Lipinski definition) is 3. The van der Waals surface area contributed by atoms with Gasteiger partial charge in [-0.3, -0.25) is 0 Å². The molecule has 2 fully saturated rings. The predicted octanol–water partition coefficient (Wildman–Crippen LogP) is 2.22. The number of rotatable bonds is 8. The van der Waals surface area contributed by atoms with E-state index in [-0.39, 0.29) is 0 Å². The van der Waals surface area contributed by atoms with Crippen molar-refractivity contribution in [2.75, 3.05) is 25.4 Å². The third-order valence-corrected chi connectivity index (χ3v) is 6.89. The quantitative estimate of drug-likeness (QED) is 0.748. The molecule has 0 aromatic heterocycles. The SMILES string of the molecule is CCC(CC)CS(=O)(=O)N1CCC(NCC2CC2)CC1. The molecule has 5 heteroatoms. The van der Waals surface area contributed by atoms with Gasteiger partial charge in [-0.15, -0.1) is 0 Å². The molecule has 1 saturated carbocycles. The topological polar surface area (TPSA) is 49.4 Å². The molecule has 2 rings (SSSR count). The van der Waals surface area contributed by atoms with Crippen molar-refractivity contribution in [3.8, 4) is 0 Å². The van der Waals surface area contributed by atoms with Gasteiger partial charge in [0.15, 0.2) is 0 Å². The van der Waals surface area contributed by atoms with Gasteiger partial charge in [0.05, 0.1) is 5.75 Å². The number of hydrogen-bond donors (Lipinski definition) is 1. The summed E-state index contributed by atoms with van der Waals surface area (Å²) in [5.41, 5.74) is 0. The summed E-state index contributed by atoms with van der Waals surface area (Å²) in [5, 5.41) is 3.60. The Hall–Kier alpha value is -0.130. The van der Waals surface area contributed by atoms with Crippen molar-refractivity contribution in [2.45, 2.75) is 58.4 Å². The fourth-order valence-electron chi connectivity index (χ4n) is 2.92. The fourth-order valence-corrected chi connectivity index (χ4v) is 4.97. The molecule has 0 aromatic rings. The lowest BCUT2D eigenvalue weighted by Crippen LogP contribution is -2.46. The summed E-state index contributed by atoms with van der Waals surface area (Å²) >= 11 is 0. The van der Waals surface area contributed by atoms with Crippen LogP contribution in [0.25, 0.3) is 0 Å². The maximum Gasteiger partial charge on any atom is 0.214 e. The first kappa shape index (κ1) is 16.2. The van der Waals surface area contributed by atoms with Gasteiger partial charge in [-0.25, -0.2) is 12.7 Å². The maximum absolute atomic E-state index is 12.4. The molecule has 1 saturated heterocycles. The van der Waals surface area contributed by atoms with E-state index in [1.165, 1.54) is 12.8 Å². The molecule has 0 spiro atoms. The Labute approximate surface area is 124 Å². The summed E-state index contributed by atoms with van der Waals surface area (Å²) in [7, 11) is -3.04. The molecule has 0 atom stereocenters. The van der Waals surface area contributed by atoms with Crippen molar-refractivity contribution >= 4 is 10.0 Å². The van der Waals surface area contributed by atoms with Crippen molar-refractivity contribution < 1.29 is 8.42 Å². The zero-order valence-corrected chi connectivity index (χ0v) is 13.8. The van der Waals surface area contributed by atoms with Gasteiger partial charge in [-0.1, -0.05) is 26.7 Å². The van der Waals surface area contributed by atoms with Crippen LogP contribution in [0.4, 0.5) is 0 Å². The molecule has 1 aliphatic heterocycles. The summed E-state index contributed by atoms with van der Waals surface area (Å²) in [6.45, 7) is 6.69. The highest BCUT2D eigenvalue weighted by Gasteiger charge is 2.30. The van der Waals surface area contributed by atoms with Crippen LogP contribution < -0.4 is 5.32 Å². The van der Waals surface area contributed by atoms with Crippen LogP contribution in [0.15, 0.2) is 0 Å². The van der Waals surface area contributed by atoms with Gasteiger partial charge < -0.3 is 5.32 Å². The molecule has 4 nitrogen and oxygen atoms in total. The number of sulfonamides is 1. The van der Waals surface area contributed by atoms with Crippen molar-refractivity contribution in [1.82, 2.24) is 9.62 Å². The molecule has 2 aliphatic rings. The van der Waals surface area contributed by atoms with E-state index in [0.717, 1.165) is 38.1 Å². The molecule has 118 valence electrons. The van der Waals surface area contributed by atoms with Crippen LogP contribution in [-0.2, 0) is 10.0 Å². The Balaban J connectivity index is 1.76. The third kappa shape index (κ3) is 4.71. The molecule has 0 amide bonds. The second kappa shape index (κ2) is 7.23. The maximum atomic E-state index is 12.4. The lowest BCUT2D eigenvalue weighted by molar-refractivity contribution is 0.286. The van der Waals surface area contributed by atoms with Crippen LogP contribution in [0.1, 0.15) is 52.4 Å². The first-order valence-electron chi connectivity index (χ1n) is 8.26. The standard InChI is InChI=1S/C15H30N2O2S/c1-3-13(4-2)12-20(18,19)17-9-7-15(8-10-17)16-11-14-5-6-14/h13-16H,3-12H2,1-2H3. The van der Waals surface area contributed by atoms with E-state index >= 15 is 0 Å². The number of nitrogens with one attached hydrogen (secondary N) is 1. The summed E-state index contributed by atoms with van der Waals surface area (Å²) in [5.74, 6) is 1.54. The second-order valence-electron chi connectivity index (χ2n) is 6.49. The summed E-state index contributed by atoms with van der Waals surface area (Å²) in [6.07, 6.45) is 6.58. The van der Waals surface area contributed by atoms with Crippen LogP contribution in [0.3, 0.4) is 0 Å². The molecule has 1 aliphatic carbocycles. The molecule has 1 heterocycles. The molecule has 0 radical (unpaired) electrons. The van der Waals surface area contributed by atoms with Gasteiger partial charge in [-0.05, 0) is 44.1 Å². The Morgan fingerprint density at radius 3 is 2.20 bits per heavy atom. The highest BCUT2D eigenvalue weighted by molar-refractivity contribution is 7.89. The zero-order valence-electron chi connectivity index (χ0n) is 13.0. The van der Waals surface area contributed by atoms with E-state index in [4.69, 9.17) is 0 Å². The lowest BCUT2D eigenvalue weighted by Gasteiger charge is -2.32. The summed E-state index contributed by atoms with van der Waals surface area (Å²) < 4.78 is 26.5. The minimum absolute atomic E-state index is 0.311. The van der Waals surface area contributed by atoms with E-state index in [2.05, 4.69) is 19.2 Å². The first-order chi connectivity index (χ1) is 9.55. The van der Waals surface area contributed by atoms with Crippen LogP contribution in [0.5, 0.6) is 0 Å². The summed E-state index contributed by atoms with van der Waals surface area (Å²) in [4.78, 5) is 0. The first-order valence-corrected chi connectivity index (χ1v) is 9.87. The normalized spacial score (nSPS) is 22.6. The minimum Gasteiger partial charge on any atom is -0.314 e. The average molecular weight is 302 g/mol. The van der Waals surface area contributed by atoms with Crippen molar-refractivity contribution in [3.05, 3.63) is 0 Å². The van der Waals surface area contributed by atoms with Crippen LogP contribution in [-0.4, -0.2) is 44.2 Å². The van der Waals surface area contributed by atoms with E-state index in [1.54, 1.807) is 4.31 Å². The molecule has 0 bridgehead atoms. The van der Waals surface area contributed by atoms with Gasteiger partial charge in [0.2, 0.25) is 10.0 Å². The van der Waals surface area contributed by atoms with Gasteiger partial charge in [0.1, 0.15) is 0 Å². The number of nitrogens with zero attached hydrogens (tertiary/aromatic N) is 1. The monoisotopic (exact) mass is 302 g/mol. The zero-order chi connectivity index (χ0) is 14.6.